The fraction of sp³-hybridized carbons (Fsp3) is 0.462. The number of carboxylic acids is 1. The Hall–Kier alpha value is -1.91. The number of carbonyl (C=O) groups is 2. The van der Waals surface area contributed by atoms with Gasteiger partial charge in [0.05, 0.1) is 5.92 Å². The van der Waals surface area contributed by atoms with Gasteiger partial charge in [0.25, 0.3) is 5.91 Å². The molecule has 2 heterocycles. The van der Waals surface area contributed by atoms with Crippen molar-refractivity contribution < 1.29 is 14.7 Å². The summed E-state index contributed by atoms with van der Waals surface area (Å²) in [6.45, 7) is 4.58. The van der Waals surface area contributed by atoms with E-state index in [4.69, 9.17) is 5.11 Å². The van der Waals surface area contributed by atoms with Gasteiger partial charge in [0.1, 0.15) is 0 Å². The fourth-order valence-corrected chi connectivity index (χ4v) is 2.08. The highest BCUT2D eigenvalue weighted by Crippen LogP contribution is 2.26. The van der Waals surface area contributed by atoms with Crippen LogP contribution in [0.15, 0.2) is 18.5 Å². The second-order valence-corrected chi connectivity index (χ2v) is 4.79. The Labute approximate surface area is 105 Å². The van der Waals surface area contributed by atoms with E-state index in [1.165, 1.54) is 0 Å². The van der Waals surface area contributed by atoms with Crippen LogP contribution in [0.4, 0.5) is 0 Å². The summed E-state index contributed by atoms with van der Waals surface area (Å²) in [6.07, 6.45) is 3.25. The van der Waals surface area contributed by atoms with Gasteiger partial charge >= 0.3 is 5.97 Å². The lowest BCUT2D eigenvalue weighted by atomic mass is 9.86. The molecule has 1 fully saturated rings. The molecule has 2 rings (SSSR count). The smallest absolute Gasteiger partial charge is 0.306 e. The minimum Gasteiger partial charge on any atom is -0.481 e. The van der Waals surface area contributed by atoms with Crippen molar-refractivity contribution in [3.8, 4) is 0 Å². The minimum atomic E-state index is -0.799. The normalized spacial score (nSPS) is 17.1. The van der Waals surface area contributed by atoms with Crippen molar-refractivity contribution in [2.75, 3.05) is 13.1 Å². The van der Waals surface area contributed by atoms with Crippen molar-refractivity contribution in [1.29, 1.82) is 0 Å². The molecule has 1 aromatic rings. The number of hydrogen-bond acceptors (Lipinski definition) is 3. The number of aromatic nitrogens is 1. The van der Waals surface area contributed by atoms with Crippen LogP contribution in [-0.2, 0) is 4.79 Å². The Balaban J connectivity index is 1.99. The number of pyridine rings is 1. The van der Waals surface area contributed by atoms with Gasteiger partial charge in [-0.2, -0.15) is 0 Å². The summed E-state index contributed by atoms with van der Waals surface area (Å²) in [5.41, 5.74) is 1.49. The van der Waals surface area contributed by atoms with Crippen LogP contribution in [0.25, 0.3) is 0 Å². The predicted octanol–water partition coefficient (Wildman–Crippen LogP) is 1.18. The minimum absolute atomic E-state index is 0.0382. The van der Waals surface area contributed by atoms with Gasteiger partial charge in [-0.25, -0.2) is 0 Å². The van der Waals surface area contributed by atoms with Crippen molar-refractivity contribution >= 4 is 11.9 Å². The van der Waals surface area contributed by atoms with Crippen molar-refractivity contribution in [3.63, 3.8) is 0 Å². The maximum absolute atomic E-state index is 12.1. The molecule has 5 heteroatoms. The van der Waals surface area contributed by atoms with E-state index in [9.17, 15) is 9.59 Å². The molecule has 0 aromatic carbocycles. The number of hydrogen-bond donors (Lipinski definition) is 1. The Morgan fingerprint density at radius 2 is 2.17 bits per heavy atom. The van der Waals surface area contributed by atoms with Crippen LogP contribution in [0, 0.1) is 18.8 Å². The summed E-state index contributed by atoms with van der Waals surface area (Å²) in [4.78, 5) is 28.6. The molecule has 1 atom stereocenters. The van der Waals surface area contributed by atoms with E-state index < -0.39 is 11.9 Å². The van der Waals surface area contributed by atoms with Crippen molar-refractivity contribution in [3.05, 3.63) is 29.6 Å². The number of amides is 1. The third kappa shape index (κ3) is 2.20. The molecular weight excluding hydrogens is 232 g/mol. The summed E-state index contributed by atoms with van der Waals surface area (Å²) >= 11 is 0. The predicted molar refractivity (Wildman–Crippen MR) is 65.2 cm³/mol. The molecular formula is C13H16N2O3. The second-order valence-electron chi connectivity index (χ2n) is 4.79. The zero-order chi connectivity index (χ0) is 13.3. The molecule has 1 aliphatic rings. The first kappa shape index (κ1) is 12.5. The summed E-state index contributed by atoms with van der Waals surface area (Å²) < 4.78 is 0. The second kappa shape index (κ2) is 4.76. The van der Waals surface area contributed by atoms with Gasteiger partial charge in [-0.15, -0.1) is 0 Å². The molecule has 1 aromatic heterocycles. The largest absolute Gasteiger partial charge is 0.481 e. The Kier molecular flexibility index (Phi) is 3.32. The molecule has 0 spiro atoms. The maximum Gasteiger partial charge on any atom is 0.306 e. The van der Waals surface area contributed by atoms with Crippen LogP contribution in [0.5, 0.6) is 0 Å². The summed E-state index contributed by atoms with van der Waals surface area (Å²) in [5.74, 6) is -1.17. The Bertz CT molecular complexity index is 481. The maximum atomic E-state index is 12.1. The lowest BCUT2D eigenvalue weighted by molar-refractivity contribution is -0.144. The fourth-order valence-electron chi connectivity index (χ4n) is 2.08. The van der Waals surface area contributed by atoms with Gasteiger partial charge in [-0.3, -0.25) is 14.6 Å². The molecule has 5 nitrogen and oxygen atoms in total. The van der Waals surface area contributed by atoms with E-state index in [1.54, 1.807) is 30.3 Å². The van der Waals surface area contributed by atoms with Crippen LogP contribution in [0.2, 0.25) is 0 Å². The molecule has 1 N–H and O–H groups in total. The molecule has 0 bridgehead atoms. The highest BCUT2D eigenvalue weighted by atomic mass is 16.4. The van der Waals surface area contributed by atoms with Gasteiger partial charge in [0.15, 0.2) is 0 Å². The Morgan fingerprint density at radius 1 is 1.50 bits per heavy atom. The van der Waals surface area contributed by atoms with Gasteiger partial charge < -0.3 is 10.0 Å². The number of rotatable bonds is 3. The van der Waals surface area contributed by atoms with Crippen LogP contribution >= 0.6 is 0 Å². The van der Waals surface area contributed by atoms with E-state index in [0.29, 0.717) is 18.7 Å². The van der Waals surface area contributed by atoms with Crippen LogP contribution < -0.4 is 0 Å². The van der Waals surface area contributed by atoms with E-state index in [2.05, 4.69) is 4.98 Å². The van der Waals surface area contributed by atoms with E-state index in [0.717, 1.165) is 5.56 Å². The van der Waals surface area contributed by atoms with Gasteiger partial charge in [-0.1, -0.05) is 6.92 Å². The summed E-state index contributed by atoms with van der Waals surface area (Å²) in [7, 11) is 0. The van der Waals surface area contributed by atoms with Crippen LogP contribution in [-0.4, -0.2) is 40.0 Å². The van der Waals surface area contributed by atoms with Gasteiger partial charge in [-0.05, 0) is 18.6 Å². The van der Waals surface area contributed by atoms with E-state index >= 15 is 0 Å². The molecule has 96 valence electrons. The van der Waals surface area contributed by atoms with Crippen LogP contribution in [0.1, 0.15) is 22.8 Å². The van der Waals surface area contributed by atoms with Gasteiger partial charge in [0.2, 0.25) is 0 Å². The lowest BCUT2D eigenvalue weighted by Crippen LogP contribution is -2.53. The third-order valence-corrected chi connectivity index (χ3v) is 3.54. The first-order valence-electron chi connectivity index (χ1n) is 5.93. The van der Waals surface area contributed by atoms with E-state index in [1.807, 2.05) is 6.92 Å². The number of carbonyl (C=O) groups excluding carboxylic acids is 1. The number of aryl methyl sites for hydroxylation is 1. The first-order chi connectivity index (χ1) is 8.50. The van der Waals surface area contributed by atoms with Crippen molar-refractivity contribution in [1.82, 2.24) is 9.88 Å². The molecule has 1 saturated heterocycles. The highest BCUT2D eigenvalue weighted by molar-refractivity contribution is 5.96. The number of aliphatic carboxylic acids is 1. The monoisotopic (exact) mass is 248 g/mol. The molecule has 1 unspecified atom stereocenters. The summed E-state index contributed by atoms with van der Waals surface area (Å²) in [5, 5.41) is 8.89. The standard InChI is InChI=1S/C13H16N2O3/c1-8-5-14-4-3-11(8)12(16)15-6-10(7-15)9(2)13(17)18/h3-5,9-10H,6-7H2,1-2H3,(H,17,18). The first-order valence-corrected chi connectivity index (χ1v) is 5.93. The quantitative estimate of drug-likeness (QED) is 0.872. The van der Waals surface area contributed by atoms with Gasteiger partial charge in [0, 0.05) is 37.0 Å². The molecule has 18 heavy (non-hydrogen) atoms. The average Bonchev–Trinajstić information content (AvgIpc) is 2.27. The topological polar surface area (TPSA) is 70.5 Å². The zero-order valence-electron chi connectivity index (χ0n) is 10.5. The molecule has 0 radical (unpaired) electrons. The number of likely N-dealkylation sites (tertiary alicyclic amines) is 1. The molecule has 0 saturated carbocycles. The molecule has 1 amide bonds. The van der Waals surface area contributed by atoms with Crippen LogP contribution in [0.3, 0.4) is 0 Å². The highest BCUT2D eigenvalue weighted by Gasteiger charge is 2.37. The number of carboxylic acid groups (broad SMARTS) is 1. The number of nitrogens with zero attached hydrogens (tertiary/aromatic N) is 2. The SMILES string of the molecule is Cc1cnccc1C(=O)N1CC(C(C)C(=O)O)C1. The molecule has 0 aliphatic carbocycles. The Morgan fingerprint density at radius 3 is 2.72 bits per heavy atom. The van der Waals surface area contributed by atoms with Crippen molar-refractivity contribution in [2.24, 2.45) is 11.8 Å². The lowest BCUT2D eigenvalue weighted by Gasteiger charge is -2.41. The van der Waals surface area contributed by atoms with E-state index in [-0.39, 0.29) is 11.8 Å². The van der Waals surface area contributed by atoms with Crippen molar-refractivity contribution in [2.45, 2.75) is 13.8 Å². The zero-order valence-corrected chi connectivity index (χ0v) is 10.5. The molecule has 1 aliphatic heterocycles. The third-order valence-electron chi connectivity index (χ3n) is 3.54. The summed E-state index contributed by atoms with van der Waals surface area (Å²) in [6, 6.07) is 1.70. The average molecular weight is 248 g/mol.